The van der Waals surface area contributed by atoms with Crippen LogP contribution in [0.4, 0.5) is 5.69 Å². The highest BCUT2D eigenvalue weighted by molar-refractivity contribution is 7.91. The lowest BCUT2D eigenvalue weighted by molar-refractivity contribution is 0.587. The summed E-state index contributed by atoms with van der Waals surface area (Å²) in [6.07, 6.45) is 0. The van der Waals surface area contributed by atoms with E-state index in [-0.39, 0.29) is 11.5 Å². The SMILES string of the molecule is N#Cc1ccc(Cl)cc1N1CCS(=O)(=O)CC1. The minimum absolute atomic E-state index is 0.129. The smallest absolute Gasteiger partial charge is 0.153 e. The molecule has 1 aliphatic heterocycles. The normalized spacial score (nSPS) is 18.7. The van der Waals surface area contributed by atoms with Crippen LogP contribution in [0.15, 0.2) is 18.2 Å². The molecule has 1 saturated heterocycles. The van der Waals surface area contributed by atoms with Crippen LogP contribution in [0.2, 0.25) is 5.02 Å². The average Bonchev–Trinajstić information content (AvgIpc) is 2.29. The van der Waals surface area contributed by atoms with Gasteiger partial charge >= 0.3 is 0 Å². The van der Waals surface area contributed by atoms with E-state index in [4.69, 9.17) is 16.9 Å². The number of hydrogen-bond donors (Lipinski definition) is 0. The first-order valence-electron chi connectivity index (χ1n) is 5.17. The van der Waals surface area contributed by atoms with Crippen molar-refractivity contribution < 1.29 is 8.42 Å². The molecule has 0 saturated carbocycles. The van der Waals surface area contributed by atoms with E-state index in [1.54, 1.807) is 18.2 Å². The highest BCUT2D eigenvalue weighted by atomic mass is 35.5. The number of nitrogens with zero attached hydrogens (tertiary/aromatic N) is 2. The summed E-state index contributed by atoms with van der Waals surface area (Å²) < 4.78 is 22.7. The molecule has 0 atom stereocenters. The standard InChI is InChI=1S/C11H11ClN2O2S/c12-10-2-1-9(8-13)11(7-10)14-3-5-17(15,16)6-4-14/h1-2,7H,3-6H2. The number of nitriles is 1. The number of anilines is 1. The summed E-state index contributed by atoms with van der Waals surface area (Å²) in [6.45, 7) is 0.828. The van der Waals surface area contributed by atoms with Crippen LogP contribution in [0.25, 0.3) is 0 Å². The molecular formula is C11H11ClN2O2S. The van der Waals surface area contributed by atoms with Crippen molar-refractivity contribution in [3.63, 3.8) is 0 Å². The van der Waals surface area contributed by atoms with Crippen molar-refractivity contribution in [1.82, 2.24) is 0 Å². The van der Waals surface area contributed by atoms with Gasteiger partial charge in [-0.1, -0.05) is 11.6 Å². The third kappa shape index (κ3) is 2.71. The van der Waals surface area contributed by atoms with E-state index in [0.29, 0.717) is 23.7 Å². The van der Waals surface area contributed by atoms with Crippen LogP contribution in [0.3, 0.4) is 0 Å². The topological polar surface area (TPSA) is 61.2 Å². The summed E-state index contributed by atoms with van der Waals surface area (Å²) >= 11 is 5.89. The van der Waals surface area contributed by atoms with Gasteiger partial charge in [0.1, 0.15) is 6.07 Å². The van der Waals surface area contributed by atoms with Gasteiger partial charge in [-0.2, -0.15) is 5.26 Å². The van der Waals surface area contributed by atoms with Gasteiger partial charge in [-0.15, -0.1) is 0 Å². The van der Waals surface area contributed by atoms with Crippen molar-refractivity contribution in [3.05, 3.63) is 28.8 Å². The van der Waals surface area contributed by atoms with Crippen LogP contribution in [-0.2, 0) is 9.84 Å². The molecule has 0 aromatic heterocycles. The van der Waals surface area contributed by atoms with Crippen LogP contribution in [-0.4, -0.2) is 33.0 Å². The number of rotatable bonds is 1. The van der Waals surface area contributed by atoms with Gasteiger partial charge in [0.2, 0.25) is 0 Å². The molecule has 1 fully saturated rings. The second-order valence-electron chi connectivity index (χ2n) is 3.91. The first kappa shape index (κ1) is 12.2. The van der Waals surface area contributed by atoms with Crippen LogP contribution in [0.1, 0.15) is 5.56 Å². The lowest BCUT2D eigenvalue weighted by Crippen LogP contribution is -2.40. The predicted molar refractivity (Wildman–Crippen MR) is 67.0 cm³/mol. The van der Waals surface area contributed by atoms with Crippen molar-refractivity contribution in [2.75, 3.05) is 29.5 Å². The minimum Gasteiger partial charge on any atom is -0.368 e. The molecule has 2 rings (SSSR count). The summed E-state index contributed by atoms with van der Waals surface area (Å²) in [6, 6.07) is 7.11. The Balaban J connectivity index is 2.30. The van der Waals surface area contributed by atoms with Gasteiger partial charge in [-0.05, 0) is 18.2 Å². The van der Waals surface area contributed by atoms with Gasteiger partial charge in [0.25, 0.3) is 0 Å². The molecule has 1 aromatic rings. The van der Waals surface area contributed by atoms with E-state index in [2.05, 4.69) is 6.07 Å². The maximum absolute atomic E-state index is 11.3. The van der Waals surface area contributed by atoms with Crippen LogP contribution in [0.5, 0.6) is 0 Å². The predicted octanol–water partition coefficient (Wildman–Crippen LogP) is 1.45. The van der Waals surface area contributed by atoms with E-state index < -0.39 is 9.84 Å². The highest BCUT2D eigenvalue weighted by Gasteiger charge is 2.23. The lowest BCUT2D eigenvalue weighted by Gasteiger charge is -2.29. The van der Waals surface area contributed by atoms with E-state index in [0.717, 1.165) is 5.69 Å². The summed E-state index contributed by atoms with van der Waals surface area (Å²) in [7, 11) is -2.91. The molecular weight excluding hydrogens is 260 g/mol. The van der Waals surface area contributed by atoms with E-state index >= 15 is 0 Å². The van der Waals surface area contributed by atoms with Crippen LogP contribution >= 0.6 is 11.6 Å². The van der Waals surface area contributed by atoms with Gasteiger partial charge in [0.15, 0.2) is 9.84 Å². The third-order valence-corrected chi connectivity index (χ3v) is 4.61. The van der Waals surface area contributed by atoms with Gasteiger partial charge < -0.3 is 4.90 Å². The number of sulfone groups is 1. The molecule has 90 valence electrons. The van der Waals surface area contributed by atoms with Crippen molar-refractivity contribution in [1.29, 1.82) is 5.26 Å². The minimum atomic E-state index is -2.91. The molecule has 0 radical (unpaired) electrons. The van der Waals surface area contributed by atoms with E-state index in [9.17, 15) is 8.42 Å². The van der Waals surface area contributed by atoms with Crippen molar-refractivity contribution in [2.24, 2.45) is 0 Å². The zero-order valence-corrected chi connectivity index (χ0v) is 10.6. The molecule has 0 spiro atoms. The van der Waals surface area contributed by atoms with E-state index in [1.165, 1.54) is 0 Å². The molecule has 0 unspecified atom stereocenters. The Bertz CT molecular complexity index is 564. The fourth-order valence-electron chi connectivity index (χ4n) is 1.81. The Morgan fingerprint density at radius 2 is 1.94 bits per heavy atom. The first-order chi connectivity index (χ1) is 8.02. The van der Waals surface area contributed by atoms with Crippen molar-refractivity contribution in [2.45, 2.75) is 0 Å². The first-order valence-corrected chi connectivity index (χ1v) is 7.37. The average molecular weight is 271 g/mol. The summed E-state index contributed by atoms with van der Waals surface area (Å²) in [5.41, 5.74) is 1.24. The highest BCUT2D eigenvalue weighted by Crippen LogP contribution is 2.25. The molecule has 1 aliphatic rings. The second kappa shape index (κ2) is 4.55. The molecule has 0 bridgehead atoms. The number of hydrogen-bond acceptors (Lipinski definition) is 4. The molecule has 17 heavy (non-hydrogen) atoms. The molecule has 0 amide bonds. The number of benzene rings is 1. The van der Waals surface area contributed by atoms with Gasteiger partial charge in [-0.25, -0.2) is 8.42 Å². The monoisotopic (exact) mass is 270 g/mol. The van der Waals surface area contributed by atoms with Crippen molar-refractivity contribution >= 4 is 27.1 Å². The van der Waals surface area contributed by atoms with Gasteiger partial charge in [0, 0.05) is 18.1 Å². The summed E-state index contributed by atoms with van der Waals surface area (Å²) in [5.74, 6) is 0.259. The zero-order valence-electron chi connectivity index (χ0n) is 9.06. The fraction of sp³-hybridized carbons (Fsp3) is 0.364. The van der Waals surface area contributed by atoms with Crippen LogP contribution in [0, 0.1) is 11.3 Å². The Labute approximate surface area is 105 Å². The second-order valence-corrected chi connectivity index (χ2v) is 6.65. The quantitative estimate of drug-likeness (QED) is 0.775. The Morgan fingerprint density at radius 3 is 2.53 bits per heavy atom. The largest absolute Gasteiger partial charge is 0.368 e. The molecule has 4 nitrogen and oxygen atoms in total. The Morgan fingerprint density at radius 1 is 1.29 bits per heavy atom. The number of halogens is 1. The maximum atomic E-state index is 11.3. The summed E-state index contributed by atoms with van der Waals surface area (Å²) in [5, 5.41) is 9.55. The maximum Gasteiger partial charge on any atom is 0.153 e. The van der Waals surface area contributed by atoms with Crippen molar-refractivity contribution in [3.8, 4) is 6.07 Å². The lowest BCUT2D eigenvalue weighted by atomic mass is 10.1. The molecule has 6 heteroatoms. The molecule has 1 aromatic carbocycles. The molecule has 0 N–H and O–H groups in total. The Hall–Kier alpha value is -1.25. The molecule has 1 heterocycles. The Kier molecular flexibility index (Phi) is 3.27. The van der Waals surface area contributed by atoms with Gasteiger partial charge in [0.05, 0.1) is 22.8 Å². The molecule has 0 aliphatic carbocycles. The van der Waals surface area contributed by atoms with E-state index in [1.807, 2.05) is 4.90 Å². The van der Waals surface area contributed by atoms with Gasteiger partial charge in [-0.3, -0.25) is 0 Å². The van der Waals surface area contributed by atoms with Crippen LogP contribution < -0.4 is 4.90 Å². The third-order valence-electron chi connectivity index (χ3n) is 2.77. The fourth-order valence-corrected chi connectivity index (χ4v) is 3.18. The zero-order chi connectivity index (χ0) is 12.5. The summed E-state index contributed by atoms with van der Waals surface area (Å²) in [4.78, 5) is 1.89.